The van der Waals surface area contributed by atoms with Crippen molar-refractivity contribution in [3.8, 4) is 17.2 Å². The number of nitrogens with zero attached hydrogens (tertiary/aromatic N) is 2. The molecule has 0 aliphatic heterocycles. The zero-order valence-electron chi connectivity index (χ0n) is 14.4. The minimum absolute atomic E-state index is 0.151. The molecule has 1 aromatic heterocycles. The SMILES string of the molecule is N#Cc1ccc(-c2ccc3c(=O)n(Cc4ccccc4F)ccc3c2)cc1. The second-order valence-corrected chi connectivity index (χ2v) is 6.33. The van der Waals surface area contributed by atoms with Gasteiger partial charge in [-0.1, -0.05) is 36.4 Å². The van der Waals surface area contributed by atoms with Crippen LogP contribution < -0.4 is 5.56 Å². The number of rotatable bonds is 3. The summed E-state index contributed by atoms with van der Waals surface area (Å²) >= 11 is 0. The van der Waals surface area contributed by atoms with Gasteiger partial charge in [-0.05, 0) is 52.9 Å². The molecule has 3 aromatic carbocycles. The molecule has 0 N–H and O–H groups in total. The van der Waals surface area contributed by atoms with Crippen LogP contribution in [0.2, 0.25) is 0 Å². The van der Waals surface area contributed by atoms with E-state index in [1.165, 1.54) is 10.6 Å². The van der Waals surface area contributed by atoms with Crippen LogP contribution >= 0.6 is 0 Å². The lowest BCUT2D eigenvalue weighted by Gasteiger charge is -2.09. The maximum Gasteiger partial charge on any atom is 0.258 e. The molecule has 4 rings (SSSR count). The molecule has 0 atom stereocenters. The van der Waals surface area contributed by atoms with Crippen LogP contribution in [-0.4, -0.2) is 4.57 Å². The summed E-state index contributed by atoms with van der Waals surface area (Å²) in [7, 11) is 0. The van der Waals surface area contributed by atoms with E-state index < -0.39 is 0 Å². The van der Waals surface area contributed by atoms with Crippen LogP contribution in [0.1, 0.15) is 11.1 Å². The summed E-state index contributed by atoms with van der Waals surface area (Å²) in [5.74, 6) is -0.319. The first kappa shape index (κ1) is 16.7. The van der Waals surface area contributed by atoms with Crippen molar-refractivity contribution in [1.29, 1.82) is 5.26 Å². The third-order valence-electron chi connectivity index (χ3n) is 4.62. The molecular formula is C23H15FN2O. The average molecular weight is 354 g/mol. The first-order valence-corrected chi connectivity index (χ1v) is 8.53. The van der Waals surface area contributed by atoms with Gasteiger partial charge in [-0.25, -0.2) is 4.39 Å². The second-order valence-electron chi connectivity index (χ2n) is 6.33. The molecule has 4 aromatic rings. The Bertz CT molecular complexity index is 1230. The number of nitriles is 1. The monoisotopic (exact) mass is 354 g/mol. The van der Waals surface area contributed by atoms with E-state index in [-0.39, 0.29) is 17.9 Å². The number of hydrogen-bond donors (Lipinski definition) is 0. The number of hydrogen-bond acceptors (Lipinski definition) is 2. The van der Waals surface area contributed by atoms with Gasteiger partial charge in [-0.15, -0.1) is 0 Å². The third-order valence-corrected chi connectivity index (χ3v) is 4.62. The average Bonchev–Trinajstić information content (AvgIpc) is 2.71. The largest absolute Gasteiger partial charge is 0.310 e. The van der Waals surface area contributed by atoms with Crippen molar-refractivity contribution in [3.05, 3.63) is 106 Å². The molecule has 0 spiro atoms. The summed E-state index contributed by atoms with van der Waals surface area (Å²) in [6.07, 6.45) is 1.69. The number of fused-ring (bicyclic) bond motifs is 1. The molecule has 0 bridgehead atoms. The van der Waals surface area contributed by atoms with Crippen LogP contribution in [-0.2, 0) is 6.54 Å². The predicted octanol–water partition coefficient (Wildman–Crippen LogP) is 4.73. The molecule has 0 fully saturated rings. The van der Waals surface area contributed by atoms with E-state index in [1.54, 1.807) is 42.6 Å². The van der Waals surface area contributed by atoms with Gasteiger partial charge in [-0.3, -0.25) is 4.79 Å². The fourth-order valence-electron chi connectivity index (χ4n) is 3.14. The van der Waals surface area contributed by atoms with Crippen LogP contribution in [0, 0.1) is 17.1 Å². The first-order chi connectivity index (χ1) is 13.2. The molecule has 0 aliphatic rings. The number of benzene rings is 3. The molecule has 0 saturated heterocycles. The topological polar surface area (TPSA) is 45.8 Å². The molecule has 0 radical (unpaired) electrons. The Labute approximate surface area is 155 Å². The van der Waals surface area contributed by atoms with E-state index in [9.17, 15) is 9.18 Å². The van der Waals surface area contributed by atoms with Gasteiger partial charge in [0.1, 0.15) is 5.82 Å². The lowest BCUT2D eigenvalue weighted by molar-refractivity contribution is 0.597. The van der Waals surface area contributed by atoms with E-state index >= 15 is 0 Å². The Morgan fingerprint density at radius 2 is 1.67 bits per heavy atom. The highest BCUT2D eigenvalue weighted by Gasteiger charge is 2.08. The summed E-state index contributed by atoms with van der Waals surface area (Å²) in [5.41, 5.74) is 2.88. The predicted molar refractivity (Wildman–Crippen MR) is 104 cm³/mol. The number of pyridine rings is 1. The van der Waals surface area contributed by atoms with Crippen LogP contribution in [0.3, 0.4) is 0 Å². The standard InChI is InChI=1S/C23H15FN2O/c24-22-4-2-1-3-20(22)15-26-12-11-19-13-18(9-10-21(19)23(26)27)17-7-5-16(14-25)6-8-17/h1-13H,15H2. The maximum atomic E-state index is 13.9. The first-order valence-electron chi connectivity index (χ1n) is 8.53. The van der Waals surface area contributed by atoms with Crippen LogP contribution in [0.15, 0.2) is 83.8 Å². The van der Waals surface area contributed by atoms with Crippen molar-refractivity contribution in [2.45, 2.75) is 6.54 Å². The zero-order valence-corrected chi connectivity index (χ0v) is 14.4. The van der Waals surface area contributed by atoms with Crippen LogP contribution in [0.5, 0.6) is 0 Å². The fourth-order valence-corrected chi connectivity index (χ4v) is 3.14. The van der Waals surface area contributed by atoms with E-state index in [1.807, 2.05) is 30.3 Å². The summed E-state index contributed by atoms with van der Waals surface area (Å²) in [6, 6.07) is 23.4. The molecule has 1 heterocycles. The van der Waals surface area contributed by atoms with Crippen molar-refractivity contribution in [2.24, 2.45) is 0 Å². The quantitative estimate of drug-likeness (QED) is 0.534. The van der Waals surface area contributed by atoms with Crippen molar-refractivity contribution >= 4 is 10.8 Å². The highest BCUT2D eigenvalue weighted by Crippen LogP contribution is 2.23. The van der Waals surface area contributed by atoms with E-state index in [4.69, 9.17) is 5.26 Å². The minimum Gasteiger partial charge on any atom is -0.310 e. The van der Waals surface area contributed by atoms with Gasteiger partial charge in [0.15, 0.2) is 0 Å². The third kappa shape index (κ3) is 3.23. The van der Waals surface area contributed by atoms with Gasteiger partial charge in [-0.2, -0.15) is 5.26 Å². The fraction of sp³-hybridized carbons (Fsp3) is 0.0435. The molecule has 0 saturated carbocycles. The van der Waals surface area contributed by atoms with Crippen molar-refractivity contribution in [1.82, 2.24) is 4.57 Å². The van der Waals surface area contributed by atoms with Crippen molar-refractivity contribution in [3.63, 3.8) is 0 Å². The minimum atomic E-state index is -0.319. The normalized spacial score (nSPS) is 10.7. The molecule has 0 unspecified atom stereocenters. The van der Waals surface area contributed by atoms with Crippen LogP contribution in [0.4, 0.5) is 4.39 Å². The smallest absolute Gasteiger partial charge is 0.258 e. The highest BCUT2D eigenvalue weighted by molar-refractivity contribution is 5.86. The molecule has 0 amide bonds. The van der Waals surface area contributed by atoms with E-state index in [0.29, 0.717) is 16.5 Å². The lowest BCUT2D eigenvalue weighted by Crippen LogP contribution is -2.20. The molecule has 3 nitrogen and oxygen atoms in total. The van der Waals surface area contributed by atoms with Crippen LogP contribution in [0.25, 0.3) is 21.9 Å². The highest BCUT2D eigenvalue weighted by atomic mass is 19.1. The van der Waals surface area contributed by atoms with Gasteiger partial charge in [0.2, 0.25) is 0 Å². The molecule has 27 heavy (non-hydrogen) atoms. The molecular weight excluding hydrogens is 339 g/mol. The van der Waals surface area contributed by atoms with Gasteiger partial charge in [0.25, 0.3) is 5.56 Å². The zero-order chi connectivity index (χ0) is 18.8. The van der Waals surface area contributed by atoms with Gasteiger partial charge < -0.3 is 4.57 Å². The van der Waals surface area contributed by atoms with Gasteiger partial charge in [0.05, 0.1) is 18.2 Å². The van der Waals surface area contributed by atoms with E-state index in [2.05, 4.69) is 6.07 Å². The number of aromatic nitrogens is 1. The lowest BCUT2D eigenvalue weighted by atomic mass is 10.0. The second kappa shape index (κ2) is 6.89. The number of halogens is 1. The summed E-state index contributed by atoms with van der Waals surface area (Å²) in [4.78, 5) is 12.8. The Balaban J connectivity index is 1.73. The Kier molecular flexibility index (Phi) is 4.27. The Morgan fingerprint density at radius 1 is 0.926 bits per heavy atom. The van der Waals surface area contributed by atoms with Gasteiger partial charge >= 0.3 is 0 Å². The van der Waals surface area contributed by atoms with E-state index in [0.717, 1.165) is 16.5 Å². The summed E-state index contributed by atoms with van der Waals surface area (Å²) in [5, 5.41) is 10.3. The molecule has 0 aliphatic carbocycles. The molecule has 130 valence electrons. The molecule has 4 heteroatoms. The maximum absolute atomic E-state index is 13.9. The Hall–Kier alpha value is -3.71. The summed E-state index contributed by atoms with van der Waals surface area (Å²) in [6.45, 7) is 0.193. The summed E-state index contributed by atoms with van der Waals surface area (Å²) < 4.78 is 15.4. The van der Waals surface area contributed by atoms with Crippen molar-refractivity contribution in [2.75, 3.05) is 0 Å². The van der Waals surface area contributed by atoms with Crippen molar-refractivity contribution < 1.29 is 4.39 Å². The Morgan fingerprint density at radius 3 is 2.41 bits per heavy atom. The van der Waals surface area contributed by atoms with Gasteiger partial charge in [0, 0.05) is 17.1 Å².